The highest BCUT2D eigenvalue weighted by atomic mass is 35.5. The molecule has 2 aromatic rings. The van der Waals surface area contributed by atoms with E-state index in [0.717, 1.165) is 5.56 Å². The number of anilines is 2. The van der Waals surface area contributed by atoms with Gasteiger partial charge in [0.05, 0.1) is 17.8 Å². The maximum absolute atomic E-state index is 11.9. The van der Waals surface area contributed by atoms with Crippen molar-refractivity contribution in [3.63, 3.8) is 0 Å². The van der Waals surface area contributed by atoms with Crippen molar-refractivity contribution in [1.29, 1.82) is 0 Å². The van der Waals surface area contributed by atoms with Crippen molar-refractivity contribution in [2.45, 2.75) is 13.3 Å². The van der Waals surface area contributed by atoms with E-state index in [1.165, 1.54) is 5.56 Å². The summed E-state index contributed by atoms with van der Waals surface area (Å²) < 4.78 is 0. The van der Waals surface area contributed by atoms with E-state index < -0.39 is 0 Å². The number of hydrogen-bond acceptors (Lipinski definition) is 2. The molecule has 98 valence electrons. The average molecular weight is 275 g/mol. The van der Waals surface area contributed by atoms with Crippen LogP contribution in [0, 0.1) is 6.92 Å². The van der Waals surface area contributed by atoms with Gasteiger partial charge in [-0.2, -0.15) is 0 Å². The monoisotopic (exact) mass is 274 g/mol. The van der Waals surface area contributed by atoms with Gasteiger partial charge in [0.2, 0.25) is 5.91 Å². The number of nitrogens with two attached hydrogens (primary N) is 1. The van der Waals surface area contributed by atoms with Gasteiger partial charge in [-0.15, -0.1) is 0 Å². The van der Waals surface area contributed by atoms with Gasteiger partial charge in [0.15, 0.2) is 0 Å². The molecule has 1 amide bonds. The fourth-order valence-electron chi connectivity index (χ4n) is 1.72. The molecule has 0 saturated heterocycles. The Bertz CT molecular complexity index is 594. The second kappa shape index (κ2) is 5.76. The molecule has 0 fully saturated rings. The van der Waals surface area contributed by atoms with E-state index in [2.05, 4.69) is 5.32 Å². The number of hydrogen-bond donors (Lipinski definition) is 2. The fourth-order valence-corrected chi connectivity index (χ4v) is 1.89. The summed E-state index contributed by atoms with van der Waals surface area (Å²) >= 11 is 5.87. The molecular formula is C15H15ClN2O. The molecule has 3 nitrogen and oxygen atoms in total. The lowest BCUT2D eigenvalue weighted by atomic mass is 10.1. The Labute approximate surface area is 117 Å². The van der Waals surface area contributed by atoms with E-state index in [1.807, 2.05) is 31.2 Å². The molecule has 0 bridgehead atoms. The smallest absolute Gasteiger partial charge is 0.228 e. The molecule has 0 aliphatic carbocycles. The molecule has 0 radical (unpaired) electrons. The molecule has 4 heteroatoms. The molecule has 0 atom stereocenters. The van der Waals surface area contributed by atoms with Gasteiger partial charge in [-0.1, -0.05) is 41.4 Å². The first kappa shape index (κ1) is 13.4. The Morgan fingerprint density at radius 3 is 2.58 bits per heavy atom. The van der Waals surface area contributed by atoms with Crippen LogP contribution in [0.5, 0.6) is 0 Å². The van der Waals surface area contributed by atoms with Crippen molar-refractivity contribution >= 4 is 28.9 Å². The number of aryl methyl sites for hydroxylation is 1. The quantitative estimate of drug-likeness (QED) is 0.843. The van der Waals surface area contributed by atoms with Gasteiger partial charge in [0, 0.05) is 5.02 Å². The summed E-state index contributed by atoms with van der Waals surface area (Å²) in [5.41, 5.74) is 8.96. The van der Waals surface area contributed by atoms with Gasteiger partial charge >= 0.3 is 0 Å². The molecule has 0 aliphatic heterocycles. The lowest BCUT2D eigenvalue weighted by molar-refractivity contribution is -0.115. The number of halogens is 1. The largest absolute Gasteiger partial charge is 0.397 e. The second-order valence-electron chi connectivity index (χ2n) is 4.44. The zero-order chi connectivity index (χ0) is 13.8. The highest BCUT2D eigenvalue weighted by Gasteiger charge is 2.07. The van der Waals surface area contributed by atoms with Gasteiger partial charge in [-0.25, -0.2) is 0 Å². The topological polar surface area (TPSA) is 55.1 Å². The lowest BCUT2D eigenvalue weighted by Crippen LogP contribution is -2.15. The number of benzene rings is 2. The maximum Gasteiger partial charge on any atom is 0.228 e. The Kier molecular flexibility index (Phi) is 4.07. The number of nitrogen functional groups attached to an aromatic ring is 1. The number of amides is 1. The Morgan fingerprint density at radius 1 is 1.21 bits per heavy atom. The molecule has 2 rings (SSSR count). The number of carbonyl (C=O) groups is 1. The standard InChI is InChI=1S/C15H15ClN2O/c1-10-2-4-11(5-3-10)8-15(19)18-14-9-12(16)6-7-13(14)17/h2-7,9H,8,17H2,1H3,(H,18,19). The molecule has 19 heavy (non-hydrogen) atoms. The van der Waals surface area contributed by atoms with Crippen LogP contribution in [-0.4, -0.2) is 5.91 Å². The minimum absolute atomic E-state index is 0.113. The summed E-state index contributed by atoms with van der Waals surface area (Å²) in [6, 6.07) is 12.8. The fraction of sp³-hybridized carbons (Fsp3) is 0.133. The molecule has 0 aliphatic rings. The van der Waals surface area contributed by atoms with Crippen LogP contribution in [0.2, 0.25) is 5.02 Å². The van der Waals surface area contributed by atoms with Crippen molar-refractivity contribution in [2.75, 3.05) is 11.1 Å². The maximum atomic E-state index is 11.9. The van der Waals surface area contributed by atoms with E-state index in [0.29, 0.717) is 22.8 Å². The van der Waals surface area contributed by atoms with Crippen LogP contribution in [0.15, 0.2) is 42.5 Å². The van der Waals surface area contributed by atoms with Crippen molar-refractivity contribution in [3.8, 4) is 0 Å². The normalized spacial score (nSPS) is 10.2. The lowest BCUT2D eigenvalue weighted by Gasteiger charge is -2.08. The Morgan fingerprint density at radius 2 is 1.89 bits per heavy atom. The third kappa shape index (κ3) is 3.73. The van der Waals surface area contributed by atoms with Crippen LogP contribution in [-0.2, 0) is 11.2 Å². The molecule has 0 unspecified atom stereocenters. The molecule has 0 aromatic heterocycles. The summed E-state index contributed by atoms with van der Waals surface area (Å²) in [7, 11) is 0. The predicted octanol–water partition coefficient (Wildman–Crippen LogP) is 3.41. The molecule has 0 saturated carbocycles. The van der Waals surface area contributed by atoms with E-state index in [-0.39, 0.29) is 5.91 Å². The molecular weight excluding hydrogens is 260 g/mol. The van der Waals surface area contributed by atoms with Crippen LogP contribution >= 0.6 is 11.6 Å². The first-order chi connectivity index (χ1) is 9.04. The summed E-state index contributed by atoms with van der Waals surface area (Å²) in [5.74, 6) is -0.113. The molecule has 2 aromatic carbocycles. The molecule has 3 N–H and O–H groups in total. The zero-order valence-corrected chi connectivity index (χ0v) is 11.4. The zero-order valence-electron chi connectivity index (χ0n) is 10.6. The second-order valence-corrected chi connectivity index (χ2v) is 4.88. The Balaban J connectivity index is 2.05. The van der Waals surface area contributed by atoms with E-state index in [9.17, 15) is 4.79 Å². The first-order valence-corrected chi connectivity index (χ1v) is 6.33. The summed E-state index contributed by atoms with van der Waals surface area (Å²) in [6.07, 6.45) is 0.312. The van der Waals surface area contributed by atoms with Crippen LogP contribution in [0.4, 0.5) is 11.4 Å². The predicted molar refractivity (Wildman–Crippen MR) is 79.4 cm³/mol. The summed E-state index contributed by atoms with van der Waals surface area (Å²) in [6.45, 7) is 2.01. The Hall–Kier alpha value is -2.00. The minimum Gasteiger partial charge on any atom is -0.397 e. The number of nitrogens with one attached hydrogen (secondary N) is 1. The van der Waals surface area contributed by atoms with E-state index >= 15 is 0 Å². The van der Waals surface area contributed by atoms with Crippen molar-refractivity contribution in [1.82, 2.24) is 0 Å². The number of carbonyl (C=O) groups excluding carboxylic acids is 1. The van der Waals surface area contributed by atoms with Crippen molar-refractivity contribution in [2.24, 2.45) is 0 Å². The van der Waals surface area contributed by atoms with Gasteiger partial charge in [-0.05, 0) is 30.7 Å². The minimum atomic E-state index is -0.113. The van der Waals surface area contributed by atoms with Crippen LogP contribution < -0.4 is 11.1 Å². The van der Waals surface area contributed by atoms with E-state index in [4.69, 9.17) is 17.3 Å². The highest BCUT2D eigenvalue weighted by molar-refractivity contribution is 6.31. The van der Waals surface area contributed by atoms with Crippen LogP contribution in [0.3, 0.4) is 0 Å². The van der Waals surface area contributed by atoms with Gasteiger partial charge in [-0.3, -0.25) is 4.79 Å². The molecule has 0 spiro atoms. The number of rotatable bonds is 3. The van der Waals surface area contributed by atoms with Gasteiger partial charge in [0.25, 0.3) is 0 Å². The SMILES string of the molecule is Cc1ccc(CC(=O)Nc2cc(Cl)ccc2N)cc1. The van der Waals surface area contributed by atoms with Crippen LogP contribution in [0.25, 0.3) is 0 Å². The molecule has 0 heterocycles. The van der Waals surface area contributed by atoms with Crippen LogP contribution in [0.1, 0.15) is 11.1 Å². The van der Waals surface area contributed by atoms with Crippen molar-refractivity contribution < 1.29 is 4.79 Å². The third-order valence-electron chi connectivity index (χ3n) is 2.77. The van der Waals surface area contributed by atoms with Gasteiger partial charge in [0.1, 0.15) is 0 Å². The average Bonchev–Trinajstić information content (AvgIpc) is 2.37. The summed E-state index contributed by atoms with van der Waals surface area (Å²) in [4.78, 5) is 11.9. The van der Waals surface area contributed by atoms with E-state index in [1.54, 1.807) is 18.2 Å². The summed E-state index contributed by atoms with van der Waals surface area (Å²) in [5, 5.41) is 3.31. The first-order valence-electron chi connectivity index (χ1n) is 5.95. The van der Waals surface area contributed by atoms with Gasteiger partial charge < -0.3 is 11.1 Å². The van der Waals surface area contributed by atoms with Crippen molar-refractivity contribution in [3.05, 3.63) is 58.6 Å². The highest BCUT2D eigenvalue weighted by Crippen LogP contribution is 2.23. The third-order valence-corrected chi connectivity index (χ3v) is 3.01.